The number of thiophene rings is 1. The number of rotatable bonds is 4. The van der Waals surface area contributed by atoms with Crippen molar-refractivity contribution in [3.8, 4) is 0 Å². The molecule has 0 radical (unpaired) electrons. The van der Waals surface area contributed by atoms with Gasteiger partial charge in [-0.25, -0.2) is 0 Å². The maximum absolute atomic E-state index is 12.5. The van der Waals surface area contributed by atoms with E-state index in [2.05, 4.69) is 0 Å². The first-order valence-corrected chi connectivity index (χ1v) is 9.52. The Morgan fingerprint density at radius 1 is 1.04 bits per heavy atom. The molecule has 0 saturated carbocycles. The van der Waals surface area contributed by atoms with Crippen molar-refractivity contribution in [2.75, 3.05) is 31.9 Å². The van der Waals surface area contributed by atoms with Crippen molar-refractivity contribution in [1.29, 1.82) is 0 Å². The second kappa shape index (κ2) is 8.16. The lowest BCUT2D eigenvalue weighted by Crippen LogP contribution is -2.37. The molecular weight excluding hydrogens is 334 g/mol. The van der Waals surface area contributed by atoms with Gasteiger partial charge in [0.25, 0.3) is 5.91 Å². The molecule has 0 unspecified atom stereocenters. The quantitative estimate of drug-likeness (QED) is 0.856. The summed E-state index contributed by atoms with van der Waals surface area (Å²) >= 11 is 1.53. The van der Waals surface area contributed by atoms with Gasteiger partial charge < -0.3 is 15.5 Å². The predicted molar refractivity (Wildman–Crippen MR) is 101 cm³/mol. The van der Waals surface area contributed by atoms with E-state index in [0.29, 0.717) is 39.0 Å². The smallest absolute Gasteiger partial charge is 0.254 e. The van der Waals surface area contributed by atoms with Crippen LogP contribution in [0.2, 0.25) is 0 Å². The van der Waals surface area contributed by atoms with Crippen LogP contribution in [0.25, 0.3) is 0 Å². The molecule has 0 atom stereocenters. The average molecular weight is 357 g/mol. The Kier molecular flexibility index (Phi) is 5.71. The summed E-state index contributed by atoms with van der Waals surface area (Å²) in [6, 6.07) is 9.52. The third-order valence-electron chi connectivity index (χ3n) is 4.57. The fourth-order valence-corrected chi connectivity index (χ4v) is 3.73. The highest BCUT2D eigenvalue weighted by Gasteiger charge is 2.22. The summed E-state index contributed by atoms with van der Waals surface area (Å²) in [6.07, 6.45) is 1.92. The molecule has 1 aliphatic heterocycles. The van der Waals surface area contributed by atoms with Gasteiger partial charge in [0.2, 0.25) is 5.91 Å². The van der Waals surface area contributed by atoms with Gasteiger partial charge in [0.1, 0.15) is 0 Å². The van der Waals surface area contributed by atoms with Gasteiger partial charge in [-0.2, -0.15) is 11.3 Å². The fraction of sp³-hybridized carbons (Fsp3) is 0.368. The highest BCUT2D eigenvalue weighted by Crippen LogP contribution is 2.15. The van der Waals surface area contributed by atoms with Crippen LogP contribution in [-0.2, 0) is 11.2 Å². The minimum atomic E-state index is 0.0626. The maximum atomic E-state index is 12.5. The van der Waals surface area contributed by atoms with E-state index < -0.39 is 0 Å². The van der Waals surface area contributed by atoms with Crippen LogP contribution in [0.5, 0.6) is 0 Å². The summed E-state index contributed by atoms with van der Waals surface area (Å²) in [5.41, 5.74) is 8.43. The standard InChI is InChI=1S/C19H23N3O2S/c20-17-5-2-1-4-15(17)6-7-18(23)21-9-3-10-22(12-11-21)19(24)16-8-13-25-14-16/h1-2,4-5,8,13-14H,3,6-7,9-12,20H2. The molecule has 2 aromatic rings. The summed E-state index contributed by atoms with van der Waals surface area (Å²) in [5.74, 6) is 0.195. The lowest BCUT2D eigenvalue weighted by Gasteiger charge is -2.22. The van der Waals surface area contributed by atoms with Crippen LogP contribution in [0.15, 0.2) is 41.1 Å². The highest BCUT2D eigenvalue weighted by atomic mass is 32.1. The topological polar surface area (TPSA) is 66.6 Å². The van der Waals surface area contributed by atoms with Gasteiger partial charge in [-0.05, 0) is 35.9 Å². The van der Waals surface area contributed by atoms with Crippen LogP contribution < -0.4 is 5.73 Å². The molecule has 1 aromatic heterocycles. The van der Waals surface area contributed by atoms with Crippen molar-refractivity contribution in [2.45, 2.75) is 19.3 Å². The summed E-state index contributed by atoms with van der Waals surface area (Å²) < 4.78 is 0. The number of aryl methyl sites for hydroxylation is 1. The van der Waals surface area contributed by atoms with Gasteiger partial charge in [0, 0.05) is 43.7 Å². The van der Waals surface area contributed by atoms with Gasteiger partial charge >= 0.3 is 0 Å². The Morgan fingerprint density at radius 3 is 2.56 bits per heavy atom. The number of carbonyl (C=O) groups is 2. The number of nitrogens with two attached hydrogens (primary N) is 1. The lowest BCUT2D eigenvalue weighted by molar-refractivity contribution is -0.131. The van der Waals surface area contributed by atoms with Crippen LogP contribution in [0.1, 0.15) is 28.8 Å². The van der Waals surface area contributed by atoms with Gasteiger partial charge in [0.05, 0.1) is 5.56 Å². The average Bonchev–Trinajstić information content (AvgIpc) is 3.04. The molecule has 0 aliphatic carbocycles. The number of carbonyl (C=O) groups excluding carboxylic acids is 2. The Bertz CT molecular complexity index is 730. The van der Waals surface area contributed by atoms with Crippen LogP contribution >= 0.6 is 11.3 Å². The number of benzene rings is 1. The Morgan fingerprint density at radius 2 is 1.80 bits per heavy atom. The van der Waals surface area contributed by atoms with E-state index >= 15 is 0 Å². The van der Waals surface area contributed by atoms with Crippen molar-refractivity contribution >= 4 is 28.8 Å². The SMILES string of the molecule is Nc1ccccc1CCC(=O)N1CCCN(C(=O)c2ccsc2)CC1. The fourth-order valence-electron chi connectivity index (χ4n) is 3.10. The third-order valence-corrected chi connectivity index (χ3v) is 5.25. The first-order valence-electron chi connectivity index (χ1n) is 8.58. The van der Waals surface area contributed by atoms with Crippen LogP contribution in [0.4, 0.5) is 5.69 Å². The van der Waals surface area contributed by atoms with Crippen molar-refractivity contribution in [3.05, 3.63) is 52.2 Å². The second-order valence-electron chi connectivity index (χ2n) is 6.24. The van der Waals surface area contributed by atoms with Crippen LogP contribution in [0.3, 0.4) is 0 Å². The van der Waals surface area contributed by atoms with Gasteiger partial charge in [-0.1, -0.05) is 18.2 Å². The zero-order chi connectivity index (χ0) is 17.6. The summed E-state index contributed by atoms with van der Waals surface area (Å²) in [7, 11) is 0. The van der Waals surface area contributed by atoms with Crippen LogP contribution in [0, 0.1) is 0 Å². The zero-order valence-corrected chi connectivity index (χ0v) is 15.0. The van der Waals surface area contributed by atoms with Crippen molar-refractivity contribution in [2.24, 2.45) is 0 Å². The molecule has 1 fully saturated rings. The molecule has 2 heterocycles. The molecule has 5 nitrogen and oxygen atoms in total. The van der Waals surface area contributed by atoms with E-state index in [-0.39, 0.29) is 11.8 Å². The normalized spacial score (nSPS) is 15.0. The molecule has 1 aliphatic rings. The van der Waals surface area contributed by atoms with E-state index in [4.69, 9.17) is 5.73 Å². The van der Waals surface area contributed by atoms with Crippen molar-refractivity contribution in [1.82, 2.24) is 9.80 Å². The number of hydrogen-bond donors (Lipinski definition) is 1. The predicted octanol–water partition coefficient (Wildman–Crippen LogP) is 2.64. The first-order chi connectivity index (χ1) is 12.1. The summed E-state index contributed by atoms with van der Waals surface area (Å²) in [5, 5.41) is 3.79. The number of para-hydroxylation sites is 1. The van der Waals surface area contributed by atoms with Crippen molar-refractivity contribution < 1.29 is 9.59 Å². The Hall–Kier alpha value is -2.34. The lowest BCUT2D eigenvalue weighted by atomic mass is 10.1. The van der Waals surface area contributed by atoms with Crippen molar-refractivity contribution in [3.63, 3.8) is 0 Å². The van der Waals surface area contributed by atoms with Crippen LogP contribution in [-0.4, -0.2) is 47.8 Å². The maximum Gasteiger partial charge on any atom is 0.254 e. The second-order valence-corrected chi connectivity index (χ2v) is 7.02. The number of amides is 2. The van der Waals surface area contributed by atoms with Gasteiger partial charge in [-0.15, -0.1) is 0 Å². The minimum Gasteiger partial charge on any atom is -0.399 e. The van der Waals surface area contributed by atoms with Gasteiger partial charge in [0.15, 0.2) is 0 Å². The molecule has 0 spiro atoms. The number of nitrogen functional groups attached to an aromatic ring is 1. The molecule has 6 heteroatoms. The molecule has 132 valence electrons. The van der Waals surface area contributed by atoms with E-state index in [1.165, 1.54) is 11.3 Å². The molecule has 0 bridgehead atoms. The molecule has 3 rings (SSSR count). The molecule has 1 saturated heterocycles. The molecular formula is C19H23N3O2S. The summed E-state index contributed by atoms with van der Waals surface area (Å²) in [6.45, 7) is 2.59. The first kappa shape index (κ1) is 17.5. The Balaban J connectivity index is 1.53. The Labute approximate surface area is 152 Å². The number of nitrogens with zero attached hydrogens (tertiary/aromatic N) is 2. The zero-order valence-electron chi connectivity index (χ0n) is 14.2. The molecule has 2 amide bonds. The third kappa shape index (κ3) is 4.39. The molecule has 2 N–H and O–H groups in total. The summed E-state index contributed by atoms with van der Waals surface area (Å²) in [4.78, 5) is 28.7. The van der Waals surface area contributed by atoms with E-state index in [9.17, 15) is 9.59 Å². The molecule has 1 aromatic carbocycles. The number of anilines is 1. The highest BCUT2D eigenvalue weighted by molar-refractivity contribution is 7.08. The number of hydrogen-bond acceptors (Lipinski definition) is 4. The largest absolute Gasteiger partial charge is 0.399 e. The van der Waals surface area contributed by atoms with E-state index in [1.54, 1.807) is 0 Å². The minimum absolute atomic E-state index is 0.0626. The van der Waals surface area contributed by atoms with E-state index in [1.807, 2.05) is 50.9 Å². The van der Waals surface area contributed by atoms with E-state index in [0.717, 1.165) is 23.2 Å². The van der Waals surface area contributed by atoms with Gasteiger partial charge in [-0.3, -0.25) is 9.59 Å². The monoisotopic (exact) mass is 357 g/mol. The molecule has 25 heavy (non-hydrogen) atoms.